The molecule has 0 saturated heterocycles. The van der Waals surface area contributed by atoms with Crippen LogP contribution in [0.15, 0.2) is 42.5 Å². The molecule has 0 spiro atoms. The van der Waals surface area contributed by atoms with Gasteiger partial charge in [-0.1, -0.05) is 18.2 Å². The minimum Gasteiger partial charge on any atom is -0.508 e. The molecule has 0 aromatic heterocycles. The number of ether oxygens (including phenoxy) is 1. The van der Waals surface area contributed by atoms with E-state index in [1.54, 1.807) is 19.1 Å². The Morgan fingerprint density at radius 2 is 1.91 bits per heavy atom. The fourth-order valence-corrected chi connectivity index (χ4v) is 2.32. The second kappa shape index (κ2) is 7.54. The van der Waals surface area contributed by atoms with Crippen LogP contribution in [0, 0.1) is 6.92 Å². The van der Waals surface area contributed by atoms with Crippen molar-refractivity contribution >= 4 is 17.5 Å². The summed E-state index contributed by atoms with van der Waals surface area (Å²) in [4.78, 5) is 11.6. The summed E-state index contributed by atoms with van der Waals surface area (Å²) in [5.74, 6) is 0.241. The maximum Gasteiger partial charge on any atom is 0.411 e. The first-order valence-corrected chi connectivity index (χ1v) is 7.60. The summed E-state index contributed by atoms with van der Waals surface area (Å²) >= 11 is 0. The quantitative estimate of drug-likeness (QED) is 0.763. The Bertz CT molecular complexity index is 686. The zero-order chi connectivity index (χ0) is 16.8. The predicted octanol–water partition coefficient (Wildman–Crippen LogP) is 4.44. The van der Waals surface area contributed by atoms with Crippen LogP contribution in [0.4, 0.5) is 16.2 Å². The molecule has 5 heteroatoms. The molecule has 0 fully saturated rings. The largest absolute Gasteiger partial charge is 0.508 e. The van der Waals surface area contributed by atoms with Gasteiger partial charge < -0.3 is 15.2 Å². The highest BCUT2D eigenvalue weighted by atomic mass is 16.5. The van der Waals surface area contributed by atoms with Gasteiger partial charge in [-0.15, -0.1) is 0 Å². The molecule has 0 aliphatic heterocycles. The lowest BCUT2D eigenvalue weighted by Crippen LogP contribution is -2.15. The molecule has 0 saturated carbocycles. The topological polar surface area (TPSA) is 70.6 Å². The average Bonchev–Trinajstić information content (AvgIpc) is 2.51. The number of anilines is 2. The van der Waals surface area contributed by atoms with Crippen LogP contribution >= 0.6 is 0 Å². The first kappa shape index (κ1) is 16.7. The number of phenols is 1. The van der Waals surface area contributed by atoms with E-state index in [0.29, 0.717) is 12.3 Å². The molecule has 2 rings (SSSR count). The summed E-state index contributed by atoms with van der Waals surface area (Å²) in [5, 5.41) is 15.7. The molecule has 0 bridgehead atoms. The van der Waals surface area contributed by atoms with Crippen LogP contribution < -0.4 is 10.6 Å². The molecule has 0 radical (unpaired) electrons. The van der Waals surface area contributed by atoms with Gasteiger partial charge in [-0.2, -0.15) is 0 Å². The van der Waals surface area contributed by atoms with E-state index in [1.165, 1.54) is 0 Å². The minimum absolute atomic E-state index is 0.0126. The first-order valence-electron chi connectivity index (χ1n) is 7.60. The van der Waals surface area contributed by atoms with Gasteiger partial charge in [0.1, 0.15) is 5.75 Å². The van der Waals surface area contributed by atoms with E-state index in [9.17, 15) is 9.90 Å². The van der Waals surface area contributed by atoms with Crippen LogP contribution in [0.3, 0.4) is 0 Å². The molecule has 1 atom stereocenters. The van der Waals surface area contributed by atoms with E-state index in [0.717, 1.165) is 16.8 Å². The summed E-state index contributed by atoms with van der Waals surface area (Å²) < 4.78 is 4.91. The van der Waals surface area contributed by atoms with Crippen molar-refractivity contribution in [2.45, 2.75) is 26.8 Å². The maximum absolute atomic E-state index is 11.6. The fourth-order valence-electron chi connectivity index (χ4n) is 2.32. The second-order valence-electron chi connectivity index (χ2n) is 5.28. The van der Waals surface area contributed by atoms with Crippen LogP contribution in [0.5, 0.6) is 5.75 Å². The Morgan fingerprint density at radius 3 is 2.61 bits per heavy atom. The van der Waals surface area contributed by atoms with E-state index in [4.69, 9.17) is 4.74 Å². The van der Waals surface area contributed by atoms with E-state index in [2.05, 4.69) is 10.6 Å². The van der Waals surface area contributed by atoms with Crippen LogP contribution in [-0.2, 0) is 4.74 Å². The van der Waals surface area contributed by atoms with Crippen molar-refractivity contribution in [3.05, 3.63) is 53.6 Å². The Balaban J connectivity index is 2.15. The molecule has 5 nitrogen and oxygen atoms in total. The summed E-state index contributed by atoms with van der Waals surface area (Å²) in [6.45, 7) is 6.04. The Hall–Kier alpha value is -2.69. The van der Waals surface area contributed by atoms with Gasteiger partial charge in [-0.25, -0.2) is 4.79 Å². The van der Waals surface area contributed by atoms with Gasteiger partial charge in [0.15, 0.2) is 0 Å². The van der Waals surface area contributed by atoms with E-state index < -0.39 is 6.09 Å². The monoisotopic (exact) mass is 314 g/mol. The number of phenolic OH excluding ortho intramolecular Hbond substituents is 1. The third-order valence-corrected chi connectivity index (χ3v) is 3.59. The van der Waals surface area contributed by atoms with E-state index >= 15 is 0 Å². The smallest absolute Gasteiger partial charge is 0.411 e. The van der Waals surface area contributed by atoms with Crippen LogP contribution in [-0.4, -0.2) is 17.8 Å². The number of carbonyl (C=O) groups is 1. The van der Waals surface area contributed by atoms with Crippen LogP contribution in [0.2, 0.25) is 0 Å². The number of aromatic hydroxyl groups is 1. The molecular formula is C18H22N2O3. The molecule has 23 heavy (non-hydrogen) atoms. The first-order chi connectivity index (χ1) is 11.0. The van der Waals surface area contributed by atoms with E-state index in [-0.39, 0.29) is 11.8 Å². The number of benzene rings is 2. The number of nitrogens with one attached hydrogen (secondary N) is 2. The SMILES string of the molecule is CCOC(=O)Nc1cccc(N[C@H](C)c2cccc(O)c2)c1C. The average molecular weight is 314 g/mol. The molecule has 1 amide bonds. The van der Waals surface area contributed by atoms with Crippen molar-refractivity contribution in [3.63, 3.8) is 0 Å². The molecule has 2 aromatic rings. The second-order valence-corrected chi connectivity index (χ2v) is 5.28. The lowest BCUT2D eigenvalue weighted by Gasteiger charge is -2.19. The molecule has 0 unspecified atom stereocenters. The van der Waals surface area contributed by atoms with Gasteiger partial charge in [-0.3, -0.25) is 5.32 Å². The zero-order valence-electron chi connectivity index (χ0n) is 13.6. The van der Waals surface area contributed by atoms with Gasteiger partial charge in [0.05, 0.1) is 6.61 Å². The van der Waals surface area contributed by atoms with Gasteiger partial charge in [-0.05, 0) is 56.2 Å². The Kier molecular flexibility index (Phi) is 5.46. The number of hydrogen-bond donors (Lipinski definition) is 3. The highest BCUT2D eigenvalue weighted by Gasteiger charge is 2.11. The van der Waals surface area contributed by atoms with Gasteiger partial charge in [0.25, 0.3) is 0 Å². The Morgan fingerprint density at radius 1 is 1.22 bits per heavy atom. The number of carbonyl (C=O) groups excluding carboxylic acids is 1. The van der Waals surface area contributed by atoms with Gasteiger partial charge in [0.2, 0.25) is 0 Å². The maximum atomic E-state index is 11.6. The lowest BCUT2D eigenvalue weighted by atomic mass is 10.1. The minimum atomic E-state index is -0.464. The molecule has 0 aliphatic carbocycles. The molecule has 0 heterocycles. The van der Waals surface area contributed by atoms with Crippen LogP contribution in [0.25, 0.3) is 0 Å². The van der Waals surface area contributed by atoms with Gasteiger partial charge >= 0.3 is 6.09 Å². The number of rotatable bonds is 5. The predicted molar refractivity (Wildman–Crippen MR) is 92.0 cm³/mol. The van der Waals surface area contributed by atoms with Crippen molar-refractivity contribution in [3.8, 4) is 5.75 Å². The Labute approximate surface area is 136 Å². The summed E-state index contributed by atoms with van der Waals surface area (Å²) in [6.07, 6.45) is -0.464. The van der Waals surface area contributed by atoms with Crippen molar-refractivity contribution in [1.29, 1.82) is 0 Å². The molecule has 2 aromatic carbocycles. The standard InChI is InChI=1S/C18H22N2O3/c1-4-23-18(22)20-17-10-6-9-16(12(17)2)19-13(3)14-7-5-8-15(21)11-14/h5-11,13,19,21H,4H2,1-3H3,(H,20,22)/t13-/m1/s1. The molecule has 122 valence electrons. The molecule has 0 aliphatic rings. The van der Waals surface area contributed by atoms with Crippen molar-refractivity contribution in [2.24, 2.45) is 0 Å². The van der Waals surface area contributed by atoms with Gasteiger partial charge in [0, 0.05) is 17.4 Å². The zero-order valence-corrected chi connectivity index (χ0v) is 13.6. The third-order valence-electron chi connectivity index (χ3n) is 3.59. The van der Waals surface area contributed by atoms with Crippen molar-refractivity contribution in [2.75, 3.05) is 17.2 Å². The summed E-state index contributed by atoms with van der Waals surface area (Å²) in [5.41, 5.74) is 3.52. The summed E-state index contributed by atoms with van der Waals surface area (Å²) in [6, 6.07) is 12.8. The van der Waals surface area contributed by atoms with E-state index in [1.807, 2.05) is 44.2 Å². The van der Waals surface area contributed by atoms with Crippen LogP contribution in [0.1, 0.15) is 31.0 Å². The summed E-state index contributed by atoms with van der Waals surface area (Å²) in [7, 11) is 0. The number of amides is 1. The fraction of sp³-hybridized carbons (Fsp3) is 0.278. The third kappa shape index (κ3) is 4.39. The highest BCUT2D eigenvalue weighted by Crippen LogP contribution is 2.28. The molecule has 3 N–H and O–H groups in total. The normalized spacial score (nSPS) is 11.6. The molecular weight excluding hydrogens is 292 g/mol. The van der Waals surface area contributed by atoms with Crippen molar-refractivity contribution in [1.82, 2.24) is 0 Å². The number of hydrogen-bond acceptors (Lipinski definition) is 4. The highest BCUT2D eigenvalue weighted by molar-refractivity contribution is 5.87. The van der Waals surface area contributed by atoms with Crippen molar-refractivity contribution < 1.29 is 14.6 Å². The lowest BCUT2D eigenvalue weighted by molar-refractivity contribution is 0.168.